The molecule has 0 aromatic rings. The number of amides is 1. The largest absolute Gasteiger partial charge is 0.481 e. The van der Waals surface area contributed by atoms with Gasteiger partial charge in [-0.1, -0.05) is 0 Å². The number of aliphatic carboxylic acids is 1. The van der Waals surface area contributed by atoms with Gasteiger partial charge >= 0.3 is 5.97 Å². The Bertz CT molecular complexity index is 238. The molecule has 2 unspecified atom stereocenters. The van der Waals surface area contributed by atoms with Gasteiger partial charge in [-0.3, -0.25) is 9.59 Å². The molecular formula is C9H16N2O3. The smallest absolute Gasteiger partial charge is 0.305 e. The summed E-state index contributed by atoms with van der Waals surface area (Å²) in [6, 6.07) is -0.823. The maximum Gasteiger partial charge on any atom is 0.305 e. The number of carboxylic acid groups (broad SMARTS) is 1. The number of rotatable bonds is 5. The van der Waals surface area contributed by atoms with Crippen molar-refractivity contribution in [2.75, 3.05) is 0 Å². The second-order valence-electron chi connectivity index (χ2n) is 3.84. The fourth-order valence-electron chi connectivity index (χ4n) is 1.33. The summed E-state index contributed by atoms with van der Waals surface area (Å²) in [6.45, 7) is 1.92. The van der Waals surface area contributed by atoms with Crippen molar-refractivity contribution in [3.8, 4) is 0 Å². The standard InChI is InChI=1S/C9H16N2O3/c1-5(6-2-3-6)11-9(14)7(10)4-8(12)13/h5-7H,2-4,10H2,1H3,(H,11,14)(H,12,13). The Labute approximate surface area is 82.7 Å². The van der Waals surface area contributed by atoms with Crippen LogP contribution in [0.5, 0.6) is 0 Å². The Balaban J connectivity index is 2.28. The molecule has 1 aliphatic carbocycles. The van der Waals surface area contributed by atoms with Crippen LogP contribution in [-0.2, 0) is 9.59 Å². The van der Waals surface area contributed by atoms with E-state index >= 15 is 0 Å². The van der Waals surface area contributed by atoms with E-state index in [0.717, 1.165) is 12.8 Å². The molecule has 2 atom stereocenters. The summed E-state index contributed by atoms with van der Waals surface area (Å²) in [7, 11) is 0. The van der Waals surface area contributed by atoms with Gasteiger partial charge in [-0.25, -0.2) is 0 Å². The zero-order valence-corrected chi connectivity index (χ0v) is 8.19. The first-order valence-electron chi connectivity index (χ1n) is 4.78. The molecule has 0 spiro atoms. The van der Waals surface area contributed by atoms with Crippen LogP contribution >= 0.6 is 0 Å². The summed E-state index contributed by atoms with van der Waals surface area (Å²) in [5, 5.41) is 11.1. The number of carbonyl (C=O) groups is 2. The molecule has 0 saturated heterocycles. The Morgan fingerprint density at radius 1 is 1.57 bits per heavy atom. The highest BCUT2D eigenvalue weighted by molar-refractivity contribution is 5.86. The average molecular weight is 200 g/mol. The van der Waals surface area contributed by atoms with E-state index in [4.69, 9.17) is 10.8 Å². The molecule has 14 heavy (non-hydrogen) atoms. The van der Waals surface area contributed by atoms with Gasteiger partial charge in [0.2, 0.25) is 5.91 Å². The lowest BCUT2D eigenvalue weighted by Gasteiger charge is -2.15. The molecule has 4 N–H and O–H groups in total. The molecule has 1 aliphatic rings. The minimum Gasteiger partial charge on any atom is -0.481 e. The topological polar surface area (TPSA) is 92.4 Å². The lowest BCUT2D eigenvalue weighted by molar-refractivity contribution is -0.139. The van der Waals surface area contributed by atoms with Crippen molar-refractivity contribution in [1.29, 1.82) is 0 Å². The lowest BCUT2D eigenvalue weighted by Crippen LogP contribution is -2.46. The van der Waals surface area contributed by atoms with Crippen LogP contribution in [0.4, 0.5) is 0 Å². The van der Waals surface area contributed by atoms with Gasteiger partial charge in [-0.05, 0) is 25.7 Å². The number of hydrogen-bond donors (Lipinski definition) is 3. The molecule has 0 aromatic heterocycles. The second kappa shape index (κ2) is 4.41. The van der Waals surface area contributed by atoms with Gasteiger partial charge in [0.15, 0.2) is 0 Å². The third kappa shape index (κ3) is 3.33. The first-order chi connectivity index (χ1) is 6.50. The van der Waals surface area contributed by atoms with Crippen molar-refractivity contribution in [2.24, 2.45) is 11.7 Å². The molecule has 0 radical (unpaired) electrons. The van der Waals surface area contributed by atoms with Gasteiger partial charge in [0.1, 0.15) is 0 Å². The fraction of sp³-hybridized carbons (Fsp3) is 0.778. The van der Waals surface area contributed by atoms with Crippen LogP contribution in [0.15, 0.2) is 0 Å². The summed E-state index contributed by atoms with van der Waals surface area (Å²) in [6.07, 6.45) is 1.95. The van der Waals surface area contributed by atoms with Crippen LogP contribution in [-0.4, -0.2) is 29.1 Å². The number of hydrogen-bond acceptors (Lipinski definition) is 3. The summed E-state index contributed by atoms with van der Waals surface area (Å²) >= 11 is 0. The van der Waals surface area contributed by atoms with Crippen LogP contribution in [0.3, 0.4) is 0 Å². The van der Waals surface area contributed by atoms with Crippen molar-refractivity contribution in [1.82, 2.24) is 5.32 Å². The van der Waals surface area contributed by atoms with Gasteiger partial charge in [-0.15, -0.1) is 0 Å². The Morgan fingerprint density at radius 3 is 2.57 bits per heavy atom. The molecule has 80 valence electrons. The van der Waals surface area contributed by atoms with E-state index < -0.39 is 12.0 Å². The third-order valence-electron chi connectivity index (χ3n) is 2.43. The molecule has 1 rings (SSSR count). The molecule has 5 heteroatoms. The molecule has 0 heterocycles. The average Bonchev–Trinajstić information content (AvgIpc) is 2.84. The number of nitrogens with one attached hydrogen (secondary N) is 1. The molecule has 0 aliphatic heterocycles. The van der Waals surface area contributed by atoms with Gasteiger partial charge in [0, 0.05) is 6.04 Å². The van der Waals surface area contributed by atoms with Crippen molar-refractivity contribution in [2.45, 2.75) is 38.3 Å². The van der Waals surface area contributed by atoms with E-state index in [1.54, 1.807) is 0 Å². The van der Waals surface area contributed by atoms with Crippen molar-refractivity contribution < 1.29 is 14.7 Å². The van der Waals surface area contributed by atoms with Gasteiger partial charge in [0.05, 0.1) is 12.5 Å². The molecule has 0 aromatic carbocycles. The summed E-state index contributed by atoms with van der Waals surface area (Å²) in [5.41, 5.74) is 5.39. The highest BCUT2D eigenvalue weighted by atomic mass is 16.4. The second-order valence-corrected chi connectivity index (χ2v) is 3.84. The summed E-state index contributed by atoms with van der Waals surface area (Å²) in [5.74, 6) is -0.866. The van der Waals surface area contributed by atoms with E-state index in [2.05, 4.69) is 5.32 Å². The van der Waals surface area contributed by atoms with E-state index in [1.165, 1.54) is 0 Å². The minimum absolute atomic E-state index is 0.113. The molecule has 5 nitrogen and oxygen atoms in total. The van der Waals surface area contributed by atoms with Gasteiger partial charge in [0.25, 0.3) is 0 Å². The first-order valence-corrected chi connectivity index (χ1v) is 4.78. The highest BCUT2D eigenvalue weighted by Gasteiger charge is 2.30. The first kappa shape index (κ1) is 11.0. The molecule has 1 amide bonds. The Morgan fingerprint density at radius 2 is 2.14 bits per heavy atom. The zero-order valence-electron chi connectivity index (χ0n) is 8.19. The maximum atomic E-state index is 11.3. The minimum atomic E-state index is -1.05. The van der Waals surface area contributed by atoms with E-state index in [0.29, 0.717) is 5.92 Å². The molecule has 1 fully saturated rings. The maximum absolute atomic E-state index is 11.3. The summed E-state index contributed by atoms with van der Waals surface area (Å²) in [4.78, 5) is 21.6. The van der Waals surface area contributed by atoms with Crippen molar-refractivity contribution in [3.63, 3.8) is 0 Å². The van der Waals surface area contributed by atoms with Crippen LogP contribution in [0.25, 0.3) is 0 Å². The van der Waals surface area contributed by atoms with Gasteiger partial charge < -0.3 is 16.2 Å². The van der Waals surface area contributed by atoms with E-state index in [1.807, 2.05) is 6.92 Å². The van der Waals surface area contributed by atoms with Crippen molar-refractivity contribution >= 4 is 11.9 Å². The zero-order chi connectivity index (χ0) is 10.7. The van der Waals surface area contributed by atoms with E-state index in [9.17, 15) is 9.59 Å². The van der Waals surface area contributed by atoms with Crippen LogP contribution in [0.2, 0.25) is 0 Å². The summed E-state index contributed by atoms with van der Waals surface area (Å²) < 4.78 is 0. The monoisotopic (exact) mass is 200 g/mol. The van der Waals surface area contributed by atoms with Crippen molar-refractivity contribution in [3.05, 3.63) is 0 Å². The SMILES string of the molecule is CC(NC(=O)C(N)CC(=O)O)C1CC1. The predicted molar refractivity (Wildman–Crippen MR) is 50.6 cm³/mol. The normalized spacial score (nSPS) is 19.9. The Kier molecular flexibility index (Phi) is 3.46. The highest BCUT2D eigenvalue weighted by Crippen LogP contribution is 2.32. The van der Waals surface area contributed by atoms with Crippen LogP contribution in [0, 0.1) is 5.92 Å². The number of carbonyl (C=O) groups excluding carboxylic acids is 1. The molecule has 0 bridgehead atoms. The quantitative estimate of drug-likeness (QED) is 0.568. The van der Waals surface area contributed by atoms with Crippen LogP contribution < -0.4 is 11.1 Å². The third-order valence-corrected chi connectivity index (χ3v) is 2.43. The lowest BCUT2D eigenvalue weighted by atomic mass is 10.1. The molecule has 1 saturated carbocycles. The molecular weight excluding hydrogens is 184 g/mol. The number of carboxylic acids is 1. The van der Waals surface area contributed by atoms with Crippen LogP contribution in [0.1, 0.15) is 26.2 Å². The predicted octanol–water partition coefficient (Wildman–Crippen LogP) is -0.297. The van der Waals surface area contributed by atoms with E-state index in [-0.39, 0.29) is 18.4 Å². The van der Waals surface area contributed by atoms with Gasteiger partial charge in [-0.2, -0.15) is 0 Å². The Hall–Kier alpha value is -1.10. The fourth-order valence-corrected chi connectivity index (χ4v) is 1.33. The number of nitrogens with two attached hydrogens (primary N) is 1.